The summed E-state index contributed by atoms with van der Waals surface area (Å²) in [6.07, 6.45) is 0.876. The molecule has 0 aliphatic rings. The molecule has 0 aliphatic heterocycles. The van der Waals surface area contributed by atoms with E-state index in [1.54, 1.807) is 54.6 Å². The molecule has 0 bridgehead atoms. The van der Waals surface area contributed by atoms with Gasteiger partial charge in [-0.1, -0.05) is 6.92 Å². The Labute approximate surface area is 224 Å². The van der Waals surface area contributed by atoms with E-state index < -0.39 is 15.9 Å². The molecule has 0 heterocycles. The van der Waals surface area contributed by atoms with Crippen LogP contribution in [-0.2, 0) is 10.0 Å². The number of thiocarbonyl (C=S) groups is 1. The van der Waals surface area contributed by atoms with Gasteiger partial charge in [-0.25, -0.2) is 8.42 Å². The van der Waals surface area contributed by atoms with Gasteiger partial charge in [0, 0.05) is 16.9 Å². The van der Waals surface area contributed by atoms with Crippen molar-refractivity contribution in [3.05, 3.63) is 76.8 Å². The lowest BCUT2D eigenvalue weighted by molar-refractivity contribution is 0.0977. The molecule has 1 amide bonds. The van der Waals surface area contributed by atoms with Crippen LogP contribution in [-0.4, -0.2) is 32.7 Å². The molecule has 0 atom stereocenters. The van der Waals surface area contributed by atoms with Crippen molar-refractivity contribution in [2.45, 2.75) is 25.2 Å². The SMILES string of the molecule is CCCOc1ccc(C(=O)NC(=S)Nc2ccc(S(=O)(=O)Nc3ccc(OCC)cc3)cc2)cc1Br. The van der Waals surface area contributed by atoms with Crippen LogP contribution in [0.15, 0.2) is 76.1 Å². The summed E-state index contributed by atoms with van der Waals surface area (Å²) >= 11 is 8.64. The topological polar surface area (TPSA) is 106 Å². The van der Waals surface area contributed by atoms with E-state index in [1.165, 1.54) is 12.1 Å². The van der Waals surface area contributed by atoms with Gasteiger partial charge in [-0.3, -0.25) is 14.8 Å². The molecule has 0 spiro atoms. The van der Waals surface area contributed by atoms with Crippen LogP contribution < -0.4 is 24.8 Å². The van der Waals surface area contributed by atoms with Crippen LogP contribution >= 0.6 is 28.1 Å². The van der Waals surface area contributed by atoms with Gasteiger partial charge < -0.3 is 14.8 Å². The van der Waals surface area contributed by atoms with Crippen molar-refractivity contribution in [2.75, 3.05) is 23.3 Å². The van der Waals surface area contributed by atoms with Crippen molar-refractivity contribution in [1.29, 1.82) is 0 Å². The first kappa shape index (κ1) is 27.4. The molecule has 8 nitrogen and oxygen atoms in total. The molecule has 0 saturated heterocycles. The summed E-state index contributed by atoms with van der Waals surface area (Å²) in [5.74, 6) is 0.916. The van der Waals surface area contributed by atoms with Crippen molar-refractivity contribution in [3.63, 3.8) is 0 Å². The maximum Gasteiger partial charge on any atom is 0.261 e. The van der Waals surface area contributed by atoms with Gasteiger partial charge in [-0.15, -0.1) is 0 Å². The molecule has 0 radical (unpaired) electrons. The van der Waals surface area contributed by atoms with Gasteiger partial charge in [0.15, 0.2) is 5.11 Å². The van der Waals surface area contributed by atoms with Crippen molar-refractivity contribution >= 4 is 60.6 Å². The first-order valence-corrected chi connectivity index (χ1v) is 13.8. The average Bonchev–Trinajstić information content (AvgIpc) is 2.84. The predicted molar refractivity (Wildman–Crippen MR) is 148 cm³/mol. The van der Waals surface area contributed by atoms with Crippen molar-refractivity contribution in [3.8, 4) is 11.5 Å². The lowest BCUT2D eigenvalue weighted by atomic mass is 10.2. The molecule has 190 valence electrons. The number of halogens is 1. The lowest BCUT2D eigenvalue weighted by Crippen LogP contribution is -2.34. The monoisotopic (exact) mass is 591 g/mol. The Bertz CT molecular complexity index is 1310. The number of hydrogen-bond acceptors (Lipinski definition) is 6. The number of amides is 1. The molecule has 0 unspecified atom stereocenters. The average molecular weight is 593 g/mol. The quantitative estimate of drug-likeness (QED) is 0.265. The summed E-state index contributed by atoms with van der Waals surface area (Å²) < 4.78 is 39.5. The summed E-state index contributed by atoms with van der Waals surface area (Å²) in [6, 6.07) is 17.6. The van der Waals surface area contributed by atoms with E-state index >= 15 is 0 Å². The van der Waals surface area contributed by atoms with Crippen LogP contribution in [0.2, 0.25) is 0 Å². The van der Waals surface area contributed by atoms with E-state index in [1.807, 2.05) is 13.8 Å². The number of ether oxygens (including phenoxy) is 2. The van der Waals surface area contributed by atoms with E-state index in [2.05, 4.69) is 31.3 Å². The van der Waals surface area contributed by atoms with Crippen LogP contribution in [0.5, 0.6) is 11.5 Å². The highest BCUT2D eigenvalue weighted by atomic mass is 79.9. The first-order chi connectivity index (χ1) is 17.2. The van der Waals surface area contributed by atoms with Crippen molar-refractivity contribution in [2.24, 2.45) is 0 Å². The van der Waals surface area contributed by atoms with E-state index in [-0.39, 0.29) is 10.0 Å². The zero-order valence-electron chi connectivity index (χ0n) is 19.7. The molecule has 3 N–H and O–H groups in total. The van der Waals surface area contributed by atoms with Crippen LogP contribution in [0, 0.1) is 0 Å². The third kappa shape index (κ3) is 7.67. The Balaban J connectivity index is 1.58. The summed E-state index contributed by atoms with van der Waals surface area (Å²) in [6.45, 7) is 4.99. The van der Waals surface area contributed by atoms with Gasteiger partial charge in [-0.2, -0.15) is 0 Å². The fourth-order valence-electron chi connectivity index (χ4n) is 3.03. The highest BCUT2D eigenvalue weighted by Gasteiger charge is 2.15. The molecule has 0 aromatic heterocycles. The number of benzene rings is 3. The molecule has 3 rings (SSSR count). The molecule has 11 heteroatoms. The molecule has 0 aliphatic carbocycles. The lowest BCUT2D eigenvalue weighted by Gasteiger charge is -2.12. The number of nitrogens with one attached hydrogen (secondary N) is 3. The second-order valence-electron chi connectivity index (χ2n) is 7.49. The molecule has 36 heavy (non-hydrogen) atoms. The van der Waals surface area contributed by atoms with Gasteiger partial charge in [0.25, 0.3) is 15.9 Å². The predicted octanol–water partition coefficient (Wildman–Crippen LogP) is 5.56. The largest absolute Gasteiger partial charge is 0.494 e. The minimum absolute atomic E-state index is 0.0746. The molecule has 3 aromatic carbocycles. The first-order valence-electron chi connectivity index (χ1n) is 11.1. The fourth-order valence-corrected chi connectivity index (χ4v) is 4.79. The standard InChI is InChI=1S/C25H26BrN3O5S2/c1-3-15-34-23-14-5-17(16-22(23)26)24(30)28-25(35)27-18-8-12-21(13-9-18)36(31,32)29-19-6-10-20(11-7-19)33-4-2/h5-14,16,29H,3-4,15H2,1-2H3,(H2,27,28,30,35). The maximum absolute atomic E-state index is 12.7. The summed E-state index contributed by atoms with van der Waals surface area (Å²) in [7, 11) is -3.79. The van der Waals surface area contributed by atoms with Crippen molar-refractivity contribution < 1.29 is 22.7 Å². The highest BCUT2D eigenvalue weighted by Crippen LogP contribution is 2.26. The number of carbonyl (C=O) groups is 1. The molecular formula is C25H26BrN3O5S2. The minimum atomic E-state index is -3.79. The summed E-state index contributed by atoms with van der Waals surface area (Å²) in [5.41, 5.74) is 1.34. The van der Waals surface area contributed by atoms with Crippen LogP contribution in [0.3, 0.4) is 0 Å². The minimum Gasteiger partial charge on any atom is -0.494 e. The number of hydrogen-bond donors (Lipinski definition) is 3. The third-order valence-electron chi connectivity index (χ3n) is 4.72. The molecular weight excluding hydrogens is 566 g/mol. The summed E-state index contributed by atoms with van der Waals surface area (Å²) in [5, 5.41) is 5.56. The normalized spacial score (nSPS) is 10.9. The number of anilines is 2. The number of sulfonamides is 1. The molecule has 0 fully saturated rings. The van der Waals surface area contributed by atoms with Crippen molar-refractivity contribution in [1.82, 2.24) is 5.32 Å². The summed E-state index contributed by atoms with van der Waals surface area (Å²) in [4.78, 5) is 12.6. The van der Waals surface area contributed by atoms with E-state index in [9.17, 15) is 13.2 Å². The van der Waals surface area contributed by atoms with Gasteiger partial charge in [0.05, 0.1) is 22.6 Å². The Hall–Kier alpha value is -3.15. The number of rotatable bonds is 10. The molecule has 3 aromatic rings. The van der Waals surface area contributed by atoms with E-state index in [4.69, 9.17) is 21.7 Å². The Kier molecular flexibility index (Phi) is 9.68. The fraction of sp³-hybridized carbons (Fsp3) is 0.200. The van der Waals surface area contributed by atoms with E-state index in [0.29, 0.717) is 46.1 Å². The Morgan fingerprint density at radius 3 is 2.22 bits per heavy atom. The van der Waals surface area contributed by atoms with Gasteiger partial charge in [0.1, 0.15) is 11.5 Å². The van der Waals surface area contributed by atoms with Crippen LogP contribution in [0.4, 0.5) is 11.4 Å². The Morgan fingerprint density at radius 2 is 1.61 bits per heavy atom. The second kappa shape index (κ2) is 12.7. The van der Waals surface area contributed by atoms with Crippen LogP contribution in [0.25, 0.3) is 0 Å². The van der Waals surface area contributed by atoms with E-state index in [0.717, 1.165) is 6.42 Å². The Morgan fingerprint density at radius 1 is 0.944 bits per heavy atom. The zero-order chi connectivity index (χ0) is 26.1. The maximum atomic E-state index is 12.7. The number of carbonyl (C=O) groups excluding carboxylic acids is 1. The van der Waals surface area contributed by atoms with Crippen LogP contribution in [0.1, 0.15) is 30.6 Å². The van der Waals surface area contributed by atoms with Gasteiger partial charge in [-0.05, 0) is 108 Å². The second-order valence-corrected chi connectivity index (χ2v) is 10.4. The molecule has 0 saturated carbocycles. The highest BCUT2D eigenvalue weighted by molar-refractivity contribution is 9.10. The third-order valence-corrected chi connectivity index (χ3v) is 6.94. The van der Waals surface area contributed by atoms with Gasteiger partial charge in [0.2, 0.25) is 0 Å². The van der Waals surface area contributed by atoms with Gasteiger partial charge >= 0.3 is 0 Å². The zero-order valence-corrected chi connectivity index (χ0v) is 22.9. The smallest absolute Gasteiger partial charge is 0.261 e.